The second kappa shape index (κ2) is 6.93. The zero-order valence-corrected chi connectivity index (χ0v) is 13.4. The Kier molecular flexibility index (Phi) is 4.99. The van der Waals surface area contributed by atoms with Crippen LogP contribution in [0.4, 0.5) is 0 Å². The van der Waals surface area contributed by atoms with Gasteiger partial charge in [-0.2, -0.15) is 11.8 Å². The monoisotopic (exact) mass is 309 g/mol. The van der Waals surface area contributed by atoms with E-state index in [2.05, 4.69) is 46.0 Å². The van der Waals surface area contributed by atoms with Crippen molar-refractivity contribution < 1.29 is 0 Å². The van der Waals surface area contributed by atoms with Gasteiger partial charge in [0.2, 0.25) is 0 Å². The summed E-state index contributed by atoms with van der Waals surface area (Å²) in [5, 5.41) is 8.06. The lowest BCUT2D eigenvalue weighted by Gasteiger charge is -2.21. The molecule has 1 aliphatic rings. The summed E-state index contributed by atoms with van der Waals surface area (Å²) >= 11 is 5.80. The molecule has 0 aliphatic carbocycles. The van der Waals surface area contributed by atoms with Crippen LogP contribution in [0.2, 0.25) is 0 Å². The summed E-state index contributed by atoms with van der Waals surface area (Å²) in [5.74, 6) is 3.61. The van der Waals surface area contributed by atoms with Crippen molar-refractivity contribution in [1.29, 1.82) is 0 Å². The molecular formula is C15H19NS3. The molecule has 1 nitrogen and oxygen atoms in total. The van der Waals surface area contributed by atoms with Crippen LogP contribution in [-0.4, -0.2) is 18.1 Å². The molecule has 2 aromatic heterocycles. The van der Waals surface area contributed by atoms with Crippen LogP contribution in [0.5, 0.6) is 0 Å². The van der Waals surface area contributed by atoms with Gasteiger partial charge in [0.15, 0.2) is 0 Å². The first-order valence-corrected chi connectivity index (χ1v) is 9.73. The highest BCUT2D eigenvalue weighted by molar-refractivity contribution is 7.99. The van der Waals surface area contributed by atoms with Crippen LogP contribution < -0.4 is 5.32 Å². The molecule has 3 heterocycles. The molecule has 0 unspecified atom stereocenters. The summed E-state index contributed by atoms with van der Waals surface area (Å²) in [6.07, 6.45) is 2.78. The number of rotatable bonds is 5. The smallest absolute Gasteiger partial charge is 0.0351 e. The molecule has 0 aromatic carbocycles. The van der Waals surface area contributed by atoms with Crippen molar-refractivity contribution in [3.8, 4) is 10.4 Å². The van der Waals surface area contributed by atoms with Gasteiger partial charge in [0.25, 0.3) is 0 Å². The van der Waals surface area contributed by atoms with E-state index in [9.17, 15) is 0 Å². The molecule has 102 valence electrons. The zero-order chi connectivity index (χ0) is 12.9. The van der Waals surface area contributed by atoms with Gasteiger partial charge in [-0.25, -0.2) is 0 Å². The molecule has 1 aliphatic heterocycles. The summed E-state index contributed by atoms with van der Waals surface area (Å²) in [6.45, 7) is 2.21. The first-order chi connectivity index (χ1) is 9.42. The molecule has 3 rings (SSSR count). The van der Waals surface area contributed by atoms with E-state index in [1.54, 1.807) is 0 Å². The van der Waals surface area contributed by atoms with Crippen LogP contribution >= 0.6 is 34.4 Å². The summed E-state index contributed by atoms with van der Waals surface area (Å²) in [7, 11) is 0. The predicted octanol–water partition coefficient (Wildman–Crippen LogP) is 4.71. The quantitative estimate of drug-likeness (QED) is 0.858. The van der Waals surface area contributed by atoms with Gasteiger partial charge in [-0.05, 0) is 59.7 Å². The molecule has 2 aromatic rings. The SMILES string of the molecule is c1csc(-c2csc(CNCC3CCSCC3)c2)c1. The van der Waals surface area contributed by atoms with E-state index < -0.39 is 0 Å². The highest BCUT2D eigenvalue weighted by Gasteiger charge is 2.13. The Balaban J connectivity index is 1.48. The van der Waals surface area contributed by atoms with E-state index in [0.29, 0.717) is 0 Å². The topological polar surface area (TPSA) is 12.0 Å². The highest BCUT2D eigenvalue weighted by Crippen LogP contribution is 2.29. The number of thiophene rings is 2. The van der Waals surface area contributed by atoms with Gasteiger partial charge in [-0.3, -0.25) is 0 Å². The van der Waals surface area contributed by atoms with E-state index in [0.717, 1.165) is 12.5 Å². The van der Waals surface area contributed by atoms with Gasteiger partial charge in [0.05, 0.1) is 0 Å². The van der Waals surface area contributed by atoms with E-state index in [4.69, 9.17) is 0 Å². The summed E-state index contributed by atoms with van der Waals surface area (Å²) in [4.78, 5) is 2.83. The van der Waals surface area contributed by atoms with E-state index >= 15 is 0 Å². The minimum atomic E-state index is 0.901. The summed E-state index contributed by atoms with van der Waals surface area (Å²) in [5.41, 5.74) is 1.38. The van der Waals surface area contributed by atoms with Crippen LogP contribution in [0.1, 0.15) is 17.7 Å². The zero-order valence-electron chi connectivity index (χ0n) is 10.9. The maximum absolute atomic E-state index is 3.63. The Bertz CT molecular complexity index is 483. The molecule has 1 saturated heterocycles. The van der Waals surface area contributed by atoms with Gasteiger partial charge < -0.3 is 5.32 Å². The Labute approximate surface area is 127 Å². The Morgan fingerprint density at radius 2 is 2.11 bits per heavy atom. The molecule has 0 spiro atoms. The van der Waals surface area contributed by atoms with Crippen molar-refractivity contribution in [2.24, 2.45) is 5.92 Å². The minimum Gasteiger partial charge on any atom is -0.312 e. The third kappa shape index (κ3) is 3.85. The van der Waals surface area contributed by atoms with E-state index in [-0.39, 0.29) is 0 Å². The average molecular weight is 310 g/mol. The van der Waals surface area contributed by atoms with Gasteiger partial charge in [0.1, 0.15) is 0 Å². The molecule has 19 heavy (non-hydrogen) atoms. The normalized spacial score (nSPS) is 16.8. The molecule has 0 saturated carbocycles. The Morgan fingerprint density at radius 3 is 2.89 bits per heavy atom. The molecular weight excluding hydrogens is 290 g/mol. The first kappa shape index (κ1) is 13.7. The fourth-order valence-corrected chi connectivity index (χ4v) is 5.24. The standard InChI is InChI=1S/C15H19NS3/c1-2-15(18-5-1)13-8-14(19-11-13)10-16-9-12-3-6-17-7-4-12/h1-2,5,8,11-12,16H,3-4,6-7,9-10H2. The molecule has 0 amide bonds. The molecule has 0 radical (unpaired) electrons. The fourth-order valence-electron chi connectivity index (χ4n) is 2.40. The van der Waals surface area contributed by atoms with Crippen molar-refractivity contribution in [1.82, 2.24) is 5.32 Å². The maximum atomic E-state index is 3.63. The minimum absolute atomic E-state index is 0.901. The number of hydrogen-bond donors (Lipinski definition) is 1. The Morgan fingerprint density at radius 1 is 1.21 bits per heavy atom. The lowest BCUT2D eigenvalue weighted by atomic mass is 10.0. The van der Waals surface area contributed by atoms with E-state index in [1.807, 2.05) is 22.7 Å². The first-order valence-electron chi connectivity index (χ1n) is 6.81. The predicted molar refractivity (Wildman–Crippen MR) is 89.4 cm³/mol. The molecule has 4 heteroatoms. The average Bonchev–Trinajstić information content (AvgIpc) is 3.10. The van der Waals surface area contributed by atoms with Gasteiger partial charge in [0, 0.05) is 21.9 Å². The molecule has 1 fully saturated rings. The van der Waals surface area contributed by atoms with Gasteiger partial charge in [-0.15, -0.1) is 22.7 Å². The van der Waals surface area contributed by atoms with Crippen molar-refractivity contribution in [3.63, 3.8) is 0 Å². The van der Waals surface area contributed by atoms with Crippen LogP contribution in [0.3, 0.4) is 0 Å². The second-order valence-electron chi connectivity index (χ2n) is 4.97. The third-order valence-electron chi connectivity index (χ3n) is 3.53. The fraction of sp³-hybridized carbons (Fsp3) is 0.467. The molecule has 0 bridgehead atoms. The number of nitrogens with one attached hydrogen (secondary N) is 1. The summed E-state index contributed by atoms with van der Waals surface area (Å²) < 4.78 is 0. The number of thioether (sulfide) groups is 1. The maximum Gasteiger partial charge on any atom is 0.0351 e. The molecule has 1 N–H and O–H groups in total. The number of hydrogen-bond acceptors (Lipinski definition) is 4. The van der Waals surface area contributed by atoms with Crippen LogP contribution in [0.15, 0.2) is 29.0 Å². The van der Waals surface area contributed by atoms with Crippen LogP contribution in [-0.2, 0) is 6.54 Å². The van der Waals surface area contributed by atoms with E-state index in [1.165, 1.54) is 46.2 Å². The largest absolute Gasteiger partial charge is 0.312 e. The van der Waals surface area contributed by atoms with Crippen LogP contribution in [0.25, 0.3) is 10.4 Å². The van der Waals surface area contributed by atoms with Crippen LogP contribution in [0, 0.1) is 5.92 Å². The van der Waals surface area contributed by atoms with Crippen molar-refractivity contribution >= 4 is 34.4 Å². The lowest BCUT2D eigenvalue weighted by Crippen LogP contribution is -2.25. The van der Waals surface area contributed by atoms with Gasteiger partial charge >= 0.3 is 0 Å². The Hall–Kier alpha value is -0.290. The lowest BCUT2D eigenvalue weighted by molar-refractivity contribution is 0.449. The highest BCUT2D eigenvalue weighted by atomic mass is 32.2. The summed E-state index contributed by atoms with van der Waals surface area (Å²) in [6, 6.07) is 6.65. The van der Waals surface area contributed by atoms with Crippen molar-refractivity contribution in [2.75, 3.05) is 18.1 Å². The van der Waals surface area contributed by atoms with Crippen molar-refractivity contribution in [3.05, 3.63) is 33.8 Å². The third-order valence-corrected chi connectivity index (χ3v) is 6.44. The van der Waals surface area contributed by atoms with Crippen molar-refractivity contribution in [2.45, 2.75) is 19.4 Å². The molecule has 0 atom stereocenters. The van der Waals surface area contributed by atoms with Gasteiger partial charge in [-0.1, -0.05) is 6.07 Å². The second-order valence-corrected chi connectivity index (χ2v) is 8.13.